The van der Waals surface area contributed by atoms with Crippen molar-refractivity contribution < 1.29 is 34.2 Å². The van der Waals surface area contributed by atoms with E-state index in [1.807, 2.05) is 0 Å². The molecule has 2 N–H and O–H groups in total. The fourth-order valence-corrected chi connectivity index (χ4v) is 3.02. The van der Waals surface area contributed by atoms with Gasteiger partial charge in [-0.3, -0.25) is 4.79 Å². The Balaban J connectivity index is 2.22. The third-order valence-corrected chi connectivity index (χ3v) is 4.52. The third-order valence-electron chi connectivity index (χ3n) is 3.44. The summed E-state index contributed by atoms with van der Waals surface area (Å²) in [6, 6.07) is 10.1. The maximum atomic E-state index is 12.2. The first-order chi connectivity index (χ1) is 13.2. The van der Waals surface area contributed by atoms with Crippen LogP contribution in [-0.4, -0.2) is 39.6 Å². The number of Topliss-reactive ketones (excluding diaryl/α,β-unsaturated/α-hetero) is 1. The summed E-state index contributed by atoms with van der Waals surface area (Å²) in [6.45, 7) is 2.58. The normalized spacial score (nSPS) is 11.0. The monoisotopic (exact) mass is 401 g/mol. The molecule has 2 aromatic carbocycles. The number of rotatable bonds is 7. The van der Waals surface area contributed by atoms with Gasteiger partial charge in [-0.25, -0.2) is 14.4 Å². The van der Waals surface area contributed by atoms with Gasteiger partial charge in [0, 0.05) is 22.3 Å². The van der Waals surface area contributed by atoms with E-state index in [-0.39, 0.29) is 16.8 Å². The van der Waals surface area contributed by atoms with Crippen LogP contribution in [0, 0.1) is 0 Å². The number of nitrogens with zero attached hydrogens (tertiary/aromatic N) is 1. The number of aromatic carboxylic acids is 2. The first kappa shape index (κ1) is 20.8. The van der Waals surface area contributed by atoms with Gasteiger partial charge in [0.15, 0.2) is 0 Å². The summed E-state index contributed by atoms with van der Waals surface area (Å²) in [5.74, 6) is -3.51. The second-order valence-corrected chi connectivity index (χ2v) is 6.65. The lowest BCUT2D eigenvalue weighted by molar-refractivity contribution is -0.140. The van der Waals surface area contributed by atoms with Crippen LogP contribution in [0.15, 0.2) is 57.4 Å². The van der Waals surface area contributed by atoms with Crippen molar-refractivity contribution in [3.63, 3.8) is 0 Å². The van der Waals surface area contributed by atoms with Gasteiger partial charge >= 0.3 is 17.9 Å². The van der Waals surface area contributed by atoms with E-state index in [4.69, 9.17) is 5.11 Å². The van der Waals surface area contributed by atoms with Crippen LogP contribution in [0.2, 0.25) is 0 Å². The Labute approximate surface area is 163 Å². The molecular formula is C19H15NO7S. The van der Waals surface area contributed by atoms with Crippen LogP contribution in [0.1, 0.15) is 44.9 Å². The van der Waals surface area contributed by atoms with Crippen molar-refractivity contribution in [3.05, 3.63) is 59.2 Å². The fraction of sp³-hybridized carbons (Fsp3) is 0.105. The SMILES string of the molecule is CC(=O)ON=C(C)C(=O)c1ccc(Sc2ccc(C(=O)O)cc2C(=O)O)cc1. The van der Waals surface area contributed by atoms with E-state index in [1.165, 1.54) is 38.1 Å². The maximum Gasteiger partial charge on any atom is 0.336 e. The summed E-state index contributed by atoms with van der Waals surface area (Å²) in [6.07, 6.45) is 0. The second kappa shape index (κ2) is 8.96. The Bertz CT molecular complexity index is 980. The lowest BCUT2D eigenvalue weighted by atomic mass is 10.1. The highest BCUT2D eigenvalue weighted by atomic mass is 32.2. The average Bonchev–Trinajstić information content (AvgIpc) is 2.66. The van der Waals surface area contributed by atoms with E-state index in [9.17, 15) is 24.3 Å². The Hall–Kier alpha value is -3.46. The number of carbonyl (C=O) groups is 4. The van der Waals surface area contributed by atoms with E-state index in [0.717, 1.165) is 17.8 Å². The average molecular weight is 401 g/mol. The van der Waals surface area contributed by atoms with Crippen LogP contribution in [0.5, 0.6) is 0 Å². The van der Waals surface area contributed by atoms with Gasteiger partial charge in [-0.1, -0.05) is 16.9 Å². The van der Waals surface area contributed by atoms with Crippen molar-refractivity contribution in [2.75, 3.05) is 0 Å². The third kappa shape index (κ3) is 5.27. The number of benzene rings is 2. The summed E-state index contributed by atoms with van der Waals surface area (Å²) in [7, 11) is 0. The number of hydrogen-bond acceptors (Lipinski definition) is 7. The zero-order chi connectivity index (χ0) is 20.8. The predicted octanol–water partition coefficient (Wildman–Crippen LogP) is 3.36. The van der Waals surface area contributed by atoms with Gasteiger partial charge in [0.05, 0.1) is 11.1 Å². The lowest BCUT2D eigenvalue weighted by Gasteiger charge is -2.08. The standard InChI is InChI=1S/C19H15NO7S/c1-10(20-27-11(2)21)17(22)12-3-6-14(7-4-12)28-16-8-5-13(18(23)24)9-15(16)19(25)26/h3-9H,1-2H3,(H,23,24)(H,25,26). The van der Waals surface area contributed by atoms with Crippen LogP contribution in [0.25, 0.3) is 0 Å². The van der Waals surface area contributed by atoms with E-state index in [2.05, 4.69) is 9.99 Å². The van der Waals surface area contributed by atoms with Crippen molar-refractivity contribution in [1.29, 1.82) is 0 Å². The molecule has 28 heavy (non-hydrogen) atoms. The Morgan fingerprint density at radius 2 is 1.50 bits per heavy atom. The van der Waals surface area contributed by atoms with Crippen LogP contribution < -0.4 is 0 Å². The van der Waals surface area contributed by atoms with Gasteiger partial charge in [0.25, 0.3) is 0 Å². The molecular weight excluding hydrogens is 386 g/mol. The Kier molecular flexibility index (Phi) is 6.67. The second-order valence-electron chi connectivity index (χ2n) is 5.54. The number of carbonyl (C=O) groups excluding carboxylic acids is 2. The van der Waals surface area contributed by atoms with E-state index < -0.39 is 23.7 Å². The molecule has 2 rings (SSSR count). The van der Waals surface area contributed by atoms with E-state index >= 15 is 0 Å². The first-order valence-electron chi connectivity index (χ1n) is 7.84. The number of carboxylic acid groups (broad SMARTS) is 2. The van der Waals surface area contributed by atoms with Gasteiger partial charge in [-0.15, -0.1) is 0 Å². The van der Waals surface area contributed by atoms with E-state index in [0.29, 0.717) is 15.4 Å². The van der Waals surface area contributed by atoms with Crippen molar-refractivity contribution in [2.24, 2.45) is 5.16 Å². The summed E-state index contributed by atoms with van der Waals surface area (Å²) in [5, 5.41) is 21.8. The smallest absolute Gasteiger partial charge is 0.336 e. The molecule has 0 aromatic heterocycles. The van der Waals surface area contributed by atoms with Crippen LogP contribution in [0.4, 0.5) is 0 Å². The molecule has 0 heterocycles. The number of ketones is 1. The molecule has 8 nitrogen and oxygen atoms in total. The van der Waals surface area contributed by atoms with Crippen molar-refractivity contribution in [2.45, 2.75) is 23.6 Å². The van der Waals surface area contributed by atoms with Crippen molar-refractivity contribution in [3.8, 4) is 0 Å². The zero-order valence-corrected chi connectivity index (χ0v) is 15.6. The summed E-state index contributed by atoms with van der Waals surface area (Å²) >= 11 is 1.12. The minimum atomic E-state index is -1.24. The molecule has 0 bridgehead atoms. The molecule has 0 atom stereocenters. The molecule has 9 heteroatoms. The molecule has 0 radical (unpaired) electrons. The largest absolute Gasteiger partial charge is 0.478 e. The first-order valence-corrected chi connectivity index (χ1v) is 8.66. The summed E-state index contributed by atoms with van der Waals surface area (Å²) in [4.78, 5) is 50.8. The van der Waals surface area contributed by atoms with Gasteiger partial charge in [0.2, 0.25) is 5.78 Å². The molecule has 2 aromatic rings. The number of oxime groups is 1. The fourth-order valence-electron chi connectivity index (χ4n) is 2.10. The van der Waals surface area contributed by atoms with Gasteiger partial charge in [-0.2, -0.15) is 0 Å². The molecule has 0 fully saturated rings. The Morgan fingerprint density at radius 1 is 0.893 bits per heavy atom. The molecule has 0 saturated heterocycles. The molecule has 0 amide bonds. The minimum Gasteiger partial charge on any atom is -0.478 e. The van der Waals surface area contributed by atoms with Gasteiger partial charge in [0.1, 0.15) is 5.71 Å². The van der Waals surface area contributed by atoms with Crippen LogP contribution in [-0.2, 0) is 9.63 Å². The number of carboxylic acids is 2. The lowest BCUT2D eigenvalue weighted by Crippen LogP contribution is -2.11. The topological polar surface area (TPSA) is 130 Å². The molecule has 0 saturated carbocycles. The highest BCUT2D eigenvalue weighted by Gasteiger charge is 2.16. The summed E-state index contributed by atoms with van der Waals surface area (Å²) < 4.78 is 0. The predicted molar refractivity (Wildman–Crippen MR) is 100 cm³/mol. The van der Waals surface area contributed by atoms with Crippen molar-refractivity contribution in [1.82, 2.24) is 0 Å². The molecule has 0 spiro atoms. The van der Waals surface area contributed by atoms with Crippen LogP contribution in [0.3, 0.4) is 0 Å². The highest BCUT2D eigenvalue weighted by Crippen LogP contribution is 2.31. The quantitative estimate of drug-likeness (QED) is 0.313. The minimum absolute atomic E-state index is 0.00743. The van der Waals surface area contributed by atoms with Gasteiger partial charge < -0.3 is 15.1 Å². The van der Waals surface area contributed by atoms with Crippen molar-refractivity contribution >= 4 is 41.2 Å². The molecule has 0 aliphatic heterocycles. The molecule has 144 valence electrons. The zero-order valence-electron chi connectivity index (χ0n) is 14.8. The van der Waals surface area contributed by atoms with Crippen LogP contribution >= 0.6 is 11.8 Å². The Morgan fingerprint density at radius 3 is 2.04 bits per heavy atom. The van der Waals surface area contributed by atoms with Gasteiger partial charge in [-0.05, 0) is 49.4 Å². The highest BCUT2D eigenvalue weighted by molar-refractivity contribution is 7.99. The van der Waals surface area contributed by atoms with E-state index in [1.54, 1.807) is 12.1 Å². The molecule has 0 unspecified atom stereocenters. The number of hydrogen-bond donors (Lipinski definition) is 2. The summed E-state index contributed by atoms with van der Waals surface area (Å²) in [5.41, 5.74) is 0.0742. The molecule has 0 aliphatic rings. The maximum absolute atomic E-state index is 12.2. The molecule has 0 aliphatic carbocycles.